The molecule has 4 nitrogen and oxygen atoms in total. The Hall–Kier alpha value is -3.01. The molecule has 0 fully saturated rings. The number of primary amides is 1. The molecule has 3 N–H and O–H groups in total. The molecule has 0 spiro atoms. The van der Waals surface area contributed by atoms with Crippen molar-refractivity contribution in [2.75, 3.05) is 0 Å². The van der Waals surface area contributed by atoms with E-state index < -0.39 is 5.91 Å². The van der Waals surface area contributed by atoms with E-state index in [1.54, 1.807) is 18.6 Å². The van der Waals surface area contributed by atoms with Gasteiger partial charge in [-0.2, -0.15) is 0 Å². The molecular formula is C19H17NO3. The molecule has 116 valence electrons. The first-order valence-corrected chi connectivity index (χ1v) is 7.38. The smallest absolute Gasteiger partial charge is 0.217 e. The zero-order valence-electron chi connectivity index (χ0n) is 12.5. The van der Waals surface area contributed by atoms with Gasteiger partial charge in [0.05, 0.1) is 12.5 Å². The van der Waals surface area contributed by atoms with Gasteiger partial charge in [-0.25, -0.2) is 0 Å². The molecule has 3 aromatic rings. The average molecular weight is 307 g/mol. The molecule has 0 saturated heterocycles. The number of carbonyl (C=O) groups excluding carboxylic acids is 1. The fourth-order valence-electron chi connectivity index (χ4n) is 2.68. The van der Waals surface area contributed by atoms with Crippen LogP contribution in [0.4, 0.5) is 0 Å². The minimum atomic E-state index is -0.392. The number of aromatic hydroxyl groups is 1. The Morgan fingerprint density at radius 1 is 1.00 bits per heavy atom. The van der Waals surface area contributed by atoms with E-state index in [4.69, 9.17) is 10.2 Å². The maximum absolute atomic E-state index is 11.2. The van der Waals surface area contributed by atoms with E-state index in [1.807, 2.05) is 42.5 Å². The Balaban J connectivity index is 2.12. The van der Waals surface area contributed by atoms with Crippen LogP contribution in [0.2, 0.25) is 0 Å². The van der Waals surface area contributed by atoms with Crippen molar-refractivity contribution in [1.82, 2.24) is 0 Å². The lowest BCUT2D eigenvalue weighted by Crippen LogP contribution is -2.11. The van der Waals surface area contributed by atoms with Gasteiger partial charge in [0.1, 0.15) is 5.75 Å². The van der Waals surface area contributed by atoms with Crippen LogP contribution in [0.1, 0.15) is 12.0 Å². The predicted molar refractivity (Wildman–Crippen MR) is 88.8 cm³/mol. The highest BCUT2D eigenvalue weighted by atomic mass is 16.3. The molecule has 0 bridgehead atoms. The van der Waals surface area contributed by atoms with Crippen molar-refractivity contribution >= 4 is 5.91 Å². The number of hydrogen-bond donors (Lipinski definition) is 2. The summed E-state index contributed by atoms with van der Waals surface area (Å²) < 4.78 is 5.09. The summed E-state index contributed by atoms with van der Waals surface area (Å²) >= 11 is 0. The molecule has 0 unspecified atom stereocenters. The molecule has 23 heavy (non-hydrogen) atoms. The van der Waals surface area contributed by atoms with Crippen molar-refractivity contribution in [1.29, 1.82) is 0 Å². The Kier molecular flexibility index (Phi) is 4.15. The van der Waals surface area contributed by atoms with Gasteiger partial charge in [-0.1, -0.05) is 36.4 Å². The Morgan fingerprint density at radius 3 is 2.39 bits per heavy atom. The van der Waals surface area contributed by atoms with Gasteiger partial charge in [-0.3, -0.25) is 4.79 Å². The summed E-state index contributed by atoms with van der Waals surface area (Å²) in [6, 6.07) is 15.4. The van der Waals surface area contributed by atoms with Crippen LogP contribution in [0, 0.1) is 0 Å². The van der Waals surface area contributed by atoms with E-state index in [0.717, 1.165) is 16.7 Å². The van der Waals surface area contributed by atoms with Gasteiger partial charge in [0.15, 0.2) is 0 Å². The summed E-state index contributed by atoms with van der Waals surface area (Å²) in [6.45, 7) is 0. The van der Waals surface area contributed by atoms with Gasteiger partial charge in [-0.05, 0) is 29.7 Å². The summed E-state index contributed by atoms with van der Waals surface area (Å²) in [5.41, 5.74) is 9.35. The van der Waals surface area contributed by atoms with Crippen LogP contribution in [-0.2, 0) is 11.2 Å². The SMILES string of the molecule is NC(=O)CCc1c(-c2ccccc2)ccc(-c2ccoc2)c1O. The van der Waals surface area contributed by atoms with Crippen LogP contribution >= 0.6 is 0 Å². The molecule has 0 saturated carbocycles. The van der Waals surface area contributed by atoms with Crippen LogP contribution in [0.3, 0.4) is 0 Å². The second-order valence-electron chi connectivity index (χ2n) is 5.33. The standard InChI is InChI=1S/C19H17NO3/c20-18(21)9-8-17-15(13-4-2-1-3-5-13)6-7-16(19(17)22)14-10-11-23-12-14/h1-7,10-12,22H,8-9H2,(H2,20,21). The van der Waals surface area contributed by atoms with Gasteiger partial charge in [0.2, 0.25) is 5.91 Å². The maximum atomic E-state index is 11.2. The quantitative estimate of drug-likeness (QED) is 0.754. The van der Waals surface area contributed by atoms with Gasteiger partial charge in [0, 0.05) is 23.1 Å². The molecule has 0 aliphatic heterocycles. The van der Waals surface area contributed by atoms with E-state index in [0.29, 0.717) is 17.5 Å². The Labute approximate surface area is 134 Å². The van der Waals surface area contributed by atoms with Gasteiger partial charge in [-0.15, -0.1) is 0 Å². The highest BCUT2D eigenvalue weighted by molar-refractivity contribution is 5.81. The number of carbonyl (C=O) groups is 1. The summed E-state index contributed by atoms with van der Waals surface area (Å²) in [5, 5.41) is 10.7. The van der Waals surface area contributed by atoms with E-state index in [1.165, 1.54) is 0 Å². The van der Waals surface area contributed by atoms with Crippen molar-refractivity contribution in [2.45, 2.75) is 12.8 Å². The van der Waals surface area contributed by atoms with Crippen molar-refractivity contribution in [3.8, 4) is 28.0 Å². The van der Waals surface area contributed by atoms with Gasteiger partial charge >= 0.3 is 0 Å². The fraction of sp³-hybridized carbons (Fsp3) is 0.105. The predicted octanol–water partition coefficient (Wildman–Crippen LogP) is 3.74. The fourth-order valence-corrected chi connectivity index (χ4v) is 2.68. The lowest BCUT2D eigenvalue weighted by molar-refractivity contribution is -0.117. The first kappa shape index (κ1) is 14.9. The van der Waals surface area contributed by atoms with Crippen LogP contribution in [0.5, 0.6) is 5.75 Å². The molecular weight excluding hydrogens is 290 g/mol. The third kappa shape index (κ3) is 3.11. The van der Waals surface area contributed by atoms with Crippen molar-refractivity contribution in [2.24, 2.45) is 5.73 Å². The number of rotatable bonds is 5. The Morgan fingerprint density at radius 2 is 1.74 bits per heavy atom. The number of nitrogens with two attached hydrogens (primary N) is 1. The number of hydrogen-bond acceptors (Lipinski definition) is 3. The lowest BCUT2D eigenvalue weighted by atomic mass is 9.92. The van der Waals surface area contributed by atoms with Crippen molar-refractivity contribution < 1.29 is 14.3 Å². The lowest BCUT2D eigenvalue weighted by Gasteiger charge is -2.14. The number of phenols is 1. The monoisotopic (exact) mass is 307 g/mol. The second-order valence-corrected chi connectivity index (χ2v) is 5.33. The van der Waals surface area contributed by atoms with E-state index in [2.05, 4.69) is 0 Å². The summed E-state index contributed by atoms with van der Waals surface area (Å²) in [6.07, 6.45) is 3.71. The molecule has 0 atom stereocenters. The maximum Gasteiger partial charge on any atom is 0.217 e. The topological polar surface area (TPSA) is 76.5 Å². The average Bonchev–Trinajstić information content (AvgIpc) is 3.08. The second kappa shape index (κ2) is 6.40. The molecule has 0 aliphatic rings. The molecule has 3 rings (SSSR count). The zero-order chi connectivity index (χ0) is 16.2. The first-order chi connectivity index (χ1) is 11.2. The minimum Gasteiger partial charge on any atom is -0.507 e. The molecule has 0 aliphatic carbocycles. The first-order valence-electron chi connectivity index (χ1n) is 7.38. The summed E-state index contributed by atoms with van der Waals surface area (Å²) in [4.78, 5) is 11.2. The van der Waals surface area contributed by atoms with Crippen LogP contribution < -0.4 is 5.73 Å². The van der Waals surface area contributed by atoms with E-state index >= 15 is 0 Å². The highest BCUT2D eigenvalue weighted by Gasteiger charge is 2.16. The summed E-state index contributed by atoms with van der Waals surface area (Å²) in [5.74, 6) is -0.230. The normalized spacial score (nSPS) is 10.6. The van der Waals surface area contributed by atoms with Gasteiger partial charge in [0.25, 0.3) is 0 Å². The molecule has 1 heterocycles. The third-order valence-electron chi connectivity index (χ3n) is 3.82. The molecule has 2 aromatic carbocycles. The molecule has 0 radical (unpaired) electrons. The molecule has 1 amide bonds. The number of furan rings is 1. The van der Waals surface area contributed by atoms with Crippen LogP contribution in [-0.4, -0.2) is 11.0 Å². The van der Waals surface area contributed by atoms with Crippen LogP contribution in [0.15, 0.2) is 65.5 Å². The summed E-state index contributed by atoms with van der Waals surface area (Å²) in [7, 11) is 0. The van der Waals surface area contributed by atoms with Crippen molar-refractivity contribution in [3.63, 3.8) is 0 Å². The van der Waals surface area contributed by atoms with Crippen molar-refractivity contribution in [3.05, 3.63) is 66.6 Å². The third-order valence-corrected chi connectivity index (χ3v) is 3.82. The zero-order valence-corrected chi connectivity index (χ0v) is 12.5. The van der Waals surface area contributed by atoms with Crippen LogP contribution in [0.25, 0.3) is 22.3 Å². The van der Waals surface area contributed by atoms with E-state index in [-0.39, 0.29) is 12.2 Å². The largest absolute Gasteiger partial charge is 0.507 e. The highest BCUT2D eigenvalue weighted by Crippen LogP contribution is 2.39. The van der Waals surface area contributed by atoms with Gasteiger partial charge < -0.3 is 15.3 Å². The minimum absolute atomic E-state index is 0.161. The van der Waals surface area contributed by atoms with E-state index in [9.17, 15) is 9.90 Å². The number of phenolic OH excluding ortho intramolecular Hbond substituents is 1. The number of amides is 1. The molecule has 4 heteroatoms. The molecule has 1 aromatic heterocycles. The number of benzene rings is 2. The Bertz CT molecular complexity index is 808.